The summed E-state index contributed by atoms with van der Waals surface area (Å²) in [5, 5.41) is 10.9. The third kappa shape index (κ3) is 3.75. The number of carbonyl (C=O) groups is 1. The van der Waals surface area contributed by atoms with E-state index in [2.05, 4.69) is 20.6 Å². The van der Waals surface area contributed by atoms with Crippen molar-refractivity contribution in [1.82, 2.24) is 25.3 Å². The second kappa shape index (κ2) is 7.18. The molecule has 0 aliphatic carbocycles. The molecule has 0 aliphatic rings. The van der Waals surface area contributed by atoms with Gasteiger partial charge in [-0.1, -0.05) is 22.9 Å². The molecule has 3 rings (SSSR count). The number of rotatable bonds is 5. The molecule has 1 N–H and O–H groups in total. The van der Waals surface area contributed by atoms with Gasteiger partial charge in [0.1, 0.15) is 11.5 Å². The summed E-state index contributed by atoms with van der Waals surface area (Å²) in [4.78, 5) is 15.9. The van der Waals surface area contributed by atoms with Crippen LogP contribution in [0.4, 0.5) is 4.39 Å². The van der Waals surface area contributed by atoms with Crippen LogP contribution in [0.5, 0.6) is 0 Å². The number of carbonyl (C=O) groups excluding carboxylic acids is 1. The van der Waals surface area contributed by atoms with E-state index in [0.717, 1.165) is 5.69 Å². The van der Waals surface area contributed by atoms with Gasteiger partial charge < -0.3 is 5.32 Å². The summed E-state index contributed by atoms with van der Waals surface area (Å²) in [5.41, 5.74) is 1.57. The number of benzene rings is 1. The minimum atomic E-state index is -0.499. The molecule has 0 fully saturated rings. The van der Waals surface area contributed by atoms with Crippen LogP contribution in [0.2, 0.25) is 5.02 Å². The molecule has 0 saturated heterocycles. The summed E-state index contributed by atoms with van der Waals surface area (Å²) in [6.07, 6.45) is 4.86. The van der Waals surface area contributed by atoms with Crippen LogP contribution in [0.3, 0.4) is 0 Å². The summed E-state index contributed by atoms with van der Waals surface area (Å²) < 4.78 is 15.3. The molecule has 0 radical (unpaired) electrons. The van der Waals surface area contributed by atoms with Crippen LogP contribution < -0.4 is 5.32 Å². The van der Waals surface area contributed by atoms with Crippen molar-refractivity contribution in [2.45, 2.75) is 13.0 Å². The SMILES string of the molecule is O=C(Cc1c(F)cccc1Cl)NCc1cn(-c2ccncc2)nn1. The molecule has 122 valence electrons. The molecular weight excluding hydrogens is 333 g/mol. The molecule has 0 bridgehead atoms. The molecule has 0 saturated carbocycles. The molecule has 2 aromatic heterocycles. The quantitative estimate of drug-likeness (QED) is 0.770. The second-order valence-corrected chi connectivity index (χ2v) is 5.42. The zero-order valence-corrected chi connectivity index (χ0v) is 13.2. The Bertz CT molecular complexity index is 832. The van der Waals surface area contributed by atoms with Gasteiger partial charge in [0.25, 0.3) is 0 Å². The van der Waals surface area contributed by atoms with E-state index in [1.165, 1.54) is 12.1 Å². The molecular formula is C16H13ClFN5O. The van der Waals surface area contributed by atoms with Crippen molar-refractivity contribution in [2.75, 3.05) is 0 Å². The lowest BCUT2D eigenvalue weighted by atomic mass is 10.1. The molecule has 0 aliphatic heterocycles. The Morgan fingerprint density at radius 1 is 1.25 bits per heavy atom. The number of halogens is 2. The largest absolute Gasteiger partial charge is 0.350 e. The molecule has 2 heterocycles. The molecule has 0 atom stereocenters. The maximum atomic E-state index is 13.7. The van der Waals surface area contributed by atoms with E-state index in [9.17, 15) is 9.18 Å². The van der Waals surface area contributed by atoms with Crippen molar-refractivity contribution in [3.63, 3.8) is 0 Å². The minimum absolute atomic E-state index is 0.135. The molecule has 1 aromatic carbocycles. The lowest BCUT2D eigenvalue weighted by molar-refractivity contribution is -0.120. The van der Waals surface area contributed by atoms with E-state index in [1.807, 2.05) is 0 Å². The smallest absolute Gasteiger partial charge is 0.224 e. The van der Waals surface area contributed by atoms with Crippen LogP contribution >= 0.6 is 11.6 Å². The molecule has 3 aromatic rings. The van der Waals surface area contributed by atoms with Gasteiger partial charge in [-0.15, -0.1) is 5.10 Å². The fraction of sp³-hybridized carbons (Fsp3) is 0.125. The maximum absolute atomic E-state index is 13.7. The van der Waals surface area contributed by atoms with E-state index in [1.54, 1.807) is 41.5 Å². The summed E-state index contributed by atoms with van der Waals surface area (Å²) in [6.45, 7) is 0.190. The topological polar surface area (TPSA) is 72.7 Å². The first-order chi connectivity index (χ1) is 11.6. The van der Waals surface area contributed by atoms with Gasteiger partial charge in [0.05, 0.1) is 24.8 Å². The van der Waals surface area contributed by atoms with Crippen LogP contribution in [0.15, 0.2) is 48.9 Å². The number of hydrogen-bond acceptors (Lipinski definition) is 4. The monoisotopic (exact) mass is 345 g/mol. The van der Waals surface area contributed by atoms with Crippen LogP contribution in [0.25, 0.3) is 5.69 Å². The zero-order valence-electron chi connectivity index (χ0n) is 12.5. The first-order valence-corrected chi connectivity index (χ1v) is 7.52. The number of nitrogens with zero attached hydrogens (tertiary/aromatic N) is 4. The summed E-state index contributed by atoms with van der Waals surface area (Å²) in [5.74, 6) is -0.846. The number of pyridine rings is 1. The predicted molar refractivity (Wildman–Crippen MR) is 86.1 cm³/mol. The van der Waals surface area contributed by atoms with Gasteiger partial charge in [0.15, 0.2) is 0 Å². The molecule has 6 nitrogen and oxygen atoms in total. The molecule has 0 spiro atoms. The summed E-state index contributed by atoms with van der Waals surface area (Å²) in [7, 11) is 0. The van der Waals surface area contributed by atoms with Crippen molar-refractivity contribution in [1.29, 1.82) is 0 Å². The predicted octanol–water partition coefficient (Wildman–Crippen LogP) is 2.31. The first kappa shape index (κ1) is 16.1. The Morgan fingerprint density at radius 3 is 2.79 bits per heavy atom. The van der Waals surface area contributed by atoms with Crippen molar-refractivity contribution < 1.29 is 9.18 Å². The summed E-state index contributed by atoms with van der Waals surface area (Å²) >= 11 is 5.91. The van der Waals surface area contributed by atoms with Crippen LogP contribution in [0, 0.1) is 5.82 Å². The number of amides is 1. The standard InChI is InChI=1S/C16H13ClFN5O/c17-14-2-1-3-15(18)13(14)8-16(24)20-9-11-10-23(22-21-11)12-4-6-19-7-5-12/h1-7,10H,8-9H2,(H,20,24). The van der Waals surface area contributed by atoms with Gasteiger partial charge in [-0.05, 0) is 24.3 Å². The van der Waals surface area contributed by atoms with Crippen LogP contribution in [-0.4, -0.2) is 25.9 Å². The van der Waals surface area contributed by atoms with E-state index in [-0.39, 0.29) is 29.5 Å². The van der Waals surface area contributed by atoms with E-state index < -0.39 is 5.82 Å². The van der Waals surface area contributed by atoms with Crippen LogP contribution in [-0.2, 0) is 17.8 Å². The van der Waals surface area contributed by atoms with Crippen molar-refractivity contribution in [2.24, 2.45) is 0 Å². The van der Waals surface area contributed by atoms with Gasteiger partial charge in [-0.3, -0.25) is 9.78 Å². The number of hydrogen-bond donors (Lipinski definition) is 1. The van der Waals surface area contributed by atoms with E-state index in [4.69, 9.17) is 11.6 Å². The maximum Gasteiger partial charge on any atom is 0.224 e. The normalized spacial score (nSPS) is 10.6. The fourth-order valence-corrected chi connectivity index (χ4v) is 2.35. The summed E-state index contributed by atoms with van der Waals surface area (Å²) in [6, 6.07) is 7.90. The van der Waals surface area contributed by atoms with Gasteiger partial charge in [-0.25, -0.2) is 9.07 Å². The highest BCUT2D eigenvalue weighted by atomic mass is 35.5. The Kier molecular flexibility index (Phi) is 4.81. The van der Waals surface area contributed by atoms with Gasteiger partial charge in [0.2, 0.25) is 5.91 Å². The number of aromatic nitrogens is 4. The van der Waals surface area contributed by atoms with Crippen LogP contribution in [0.1, 0.15) is 11.3 Å². The van der Waals surface area contributed by atoms with Crippen molar-refractivity contribution >= 4 is 17.5 Å². The lowest BCUT2D eigenvalue weighted by Crippen LogP contribution is -2.25. The molecule has 1 amide bonds. The fourth-order valence-electron chi connectivity index (χ4n) is 2.12. The Balaban J connectivity index is 1.60. The van der Waals surface area contributed by atoms with Crippen molar-refractivity contribution in [3.8, 4) is 5.69 Å². The van der Waals surface area contributed by atoms with E-state index >= 15 is 0 Å². The molecule has 8 heteroatoms. The van der Waals surface area contributed by atoms with Crippen molar-refractivity contribution in [3.05, 3.63) is 71.0 Å². The van der Waals surface area contributed by atoms with Gasteiger partial charge >= 0.3 is 0 Å². The van der Waals surface area contributed by atoms with E-state index in [0.29, 0.717) is 5.69 Å². The zero-order chi connectivity index (χ0) is 16.9. The highest BCUT2D eigenvalue weighted by molar-refractivity contribution is 6.31. The second-order valence-electron chi connectivity index (χ2n) is 5.01. The third-order valence-electron chi connectivity index (χ3n) is 3.33. The average Bonchev–Trinajstić information content (AvgIpc) is 3.06. The molecule has 24 heavy (non-hydrogen) atoms. The van der Waals surface area contributed by atoms with Gasteiger partial charge in [0, 0.05) is 23.0 Å². The molecule has 0 unspecified atom stereocenters. The Hall–Kier alpha value is -2.80. The average molecular weight is 346 g/mol. The third-order valence-corrected chi connectivity index (χ3v) is 3.69. The highest BCUT2D eigenvalue weighted by Gasteiger charge is 2.12. The lowest BCUT2D eigenvalue weighted by Gasteiger charge is -2.06. The number of nitrogens with one attached hydrogen (secondary N) is 1. The minimum Gasteiger partial charge on any atom is -0.350 e. The Morgan fingerprint density at radius 2 is 2.04 bits per heavy atom. The Labute approximate surface area is 142 Å². The highest BCUT2D eigenvalue weighted by Crippen LogP contribution is 2.19. The van der Waals surface area contributed by atoms with Gasteiger partial charge in [-0.2, -0.15) is 0 Å². The first-order valence-electron chi connectivity index (χ1n) is 7.14.